The Morgan fingerprint density at radius 2 is 2.17 bits per heavy atom. The SMILES string of the molecule is COc1nc(N[C@@H]2CCN(C)C[C@@H]2F)nn2ccc(-c3cnc4nccn4c3)c12. The lowest BCUT2D eigenvalue weighted by atomic mass is 10.0. The number of methoxy groups -OCH3 is 1. The zero-order chi connectivity index (χ0) is 20.0. The largest absolute Gasteiger partial charge is 0.479 e. The zero-order valence-electron chi connectivity index (χ0n) is 16.2. The van der Waals surface area contributed by atoms with E-state index in [2.05, 4.69) is 25.4 Å². The third-order valence-electron chi connectivity index (χ3n) is 5.29. The van der Waals surface area contributed by atoms with Crippen LogP contribution in [0.4, 0.5) is 10.3 Å². The van der Waals surface area contributed by atoms with Crippen LogP contribution in [-0.4, -0.2) is 73.3 Å². The van der Waals surface area contributed by atoms with Gasteiger partial charge in [-0.1, -0.05) is 0 Å². The molecule has 4 aromatic rings. The summed E-state index contributed by atoms with van der Waals surface area (Å²) in [5.74, 6) is 1.39. The molecule has 1 fully saturated rings. The van der Waals surface area contributed by atoms with Crippen LogP contribution in [0.25, 0.3) is 22.4 Å². The smallest absolute Gasteiger partial charge is 0.244 e. The van der Waals surface area contributed by atoms with Gasteiger partial charge >= 0.3 is 0 Å². The molecule has 1 aliphatic heterocycles. The Morgan fingerprint density at radius 3 is 3.00 bits per heavy atom. The van der Waals surface area contributed by atoms with Crippen molar-refractivity contribution < 1.29 is 9.13 Å². The van der Waals surface area contributed by atoms with Gasteiger partial charge in [0.15, 0.2) is 0 Å². The van der Waals surface area contributed by atoms with Crippen molar-refractivity contribution in [2.24, 2.45) is 0 Å². The molecule has 0 spiro atoms. The van der Waals surface area contributed by atoms with Gasteiger partial charge in [-0.2, -0.15) is 4.98 Å². The molecule has 0 amide bonds. The maximum absolute atomic E-state index is 14.4. The molecule has 10 heteroatoms. The zero-order valence-corrected chi connectivity index (χ0v) is 16.2. The Labute approximate surface area is 166 Å². The number of ether oxygens (including phenoxy) is 1. The van der Waals surface area contributed by atoms with E-state index in [0.29, 0.717) is 30.6 Å². The van der Waals surface area contributed by atoms with Crippen LogP contribution < -0.4 is 10.1 Å². The second kappa shape index (κ2) is 6.96. The van der Waals surface area contributed by atoms with Crippen LogP contribution >= 0.6 is 0 Å². The van der Waals surface area contributed by atoms with Crippen molar-refractivity contribution in [2.45, 2.75) is 18.6 Å². The molecule has 29 heavy (non-hydrogen) atoms. The number of alkyl halides is 1. The number of hydrogen-bond donors (Lipinski definition) is 1. The molecule has 5 heterocycles. The third-order valence-corrected chi connectivity index (χ3v) is 5.29. The average Bonchev–Trinajstić information content (AvgIpc) is 3.35. The maximum atomic E-state index is 14.4. The van der Waals surface area contributed by atoms with E-state index in [-0.39, 0.29) is 6.04 Å². The number of halogens is 1. The second-order valence-corrected chi connectivity index (χ2v) is 7.26. The number of nitrogens with zero attached hydrogens (tertiary/aromatic N) is 7. The topological polar surface area (TPSA) is 84.9 Å². The number of anilines is 1. The third kappa shape index (κ3) is 3.15. The van der Waals surface area contributed by atoms with Gasteiger partial charge in [-0.3, -0.25) is 4.40 Å². The lowest BCUT2D eigenvalue weighted by Gasteiger charge is -2.32. The van der Waals surface area contributed by atoms with E-state index in [9.17, 15) is 4.39 Å². The summed E-state index contributed by atoms with van der Waals surface area (Å²) in [5.41, 5.74) is 2.50. The number of fused-ring (bicyclic) bond motifs is 2. The van der Waals surface area contributed by atoms with E-state index in [1.54, 1.807) is 24.0 Å². The fourth-order valence-electron chi connectivity index (χ4n) is 3.77. The van der Waals surface area contributed by atoms with Crippen LogP contribution in [0.5, 0.6) is 5.88 Å². The summed E-state index contributed by atoms with van der Waals surface area (Å²) in [4.78, 5) is 15.0. The normalized spacial score (nSPS) is 20.4. The number of likely N-dealkylation sites (tertiary alicyclic amines) is 1. The van der Waals surface area contributed by atoms with E-state index in [1.807, 2.05) is 41.0 Å². The molecule has 0 saturated carbocycles. The number of rotatable bonds is 4. The monoisotopic (exact) mass is 396 g/mol. The van der Waals surface area contributed by atoms with Crippen LogP contribution in [0.3, 0.4) is 0 Å². The van der Waals surface area contributed by atoms with Crippen molar-refractivity contribution in [3.05, 3.63) is 37.1 Å². The van der Waals surface area contributed by atoms with Crippen LogP contribution in [0, 0.1) is 0 Å². The molecular formula is C19H21FN8O. The molecule has 0 aromatic carbocycles. The highest BCUT2D eigenvalue weighted by Gasteiger charge is 2.28. The van der Waals surface area contributed by atoms with E-state index >= 15 is 0 Å². The molecule has 150 valence electrons. The Kier molecular flexibility index (Phi) is 4.27. The van der Waals surface area contributed by atoms with Crippen molar-refractivity contribution in [3.8, 4) is 17.0 Å². The van der Waals surface area contributed by atoms with Gasteiger partial charge in [0, 0.05) is 55.2 Å². The minimum absolute atomic E-state index is 0.323. The number of nitrogens with one attached hydrogen (secondary N) is 1. The Bertz CT molecular complexity index is 1170. The van der Waals surface area contributed by atoms with Gasteiger partial charge in [-0.15, -0.1) is 5.10 Å². The Morgan fingerprint density at radius 1 is 1.28 bits per heavy atom. The van der Waals surface area contributed by atoms with Crippen molar-refractivity contribution in [3.63, 3.8) is 0 Å². The predicted molar refractivity (Wildman–Crippen MR) is 106 cm³/mol. The summed E-state index contributed by atoms with van der Waals surface area (Å²) in [6.45, 7) is 1.23. The van der Waals surface area contributed by atoms with Gasteiger partial charge in [-0.05, 0) is 19.5 Å². The molecule has 4 aromatic heterocycles. The summed E-state index contributed by atoms with van der Waals surface area (Å²) in [7, 11) is 3.49. The molecule has 0 bridgehead atoms. The maximum Gasteiger partial charge on any atom is 0.244 e. The number of imidazole rings is 1. The van der Waals surface area contributed by atoms with Gasteiger partial charge < -0.3 is 15.0 Å². The molecule has 1 N–H and O–H groups in total. The highest BCUT2D eigenvalue weighted by Crippen LogP contribution is 2.31. The number of aromatic nitrogens is 6. The first kappa shape index (κ1) is 17.8. The highest BCUT2D eigenvalue weighted by atomic mass is 19.1. The first-order chi connectivity index (χ1) is 14.1. The highest BCUT2D eigenvalue weighted by molar-refractivity contribution is 5.84. The molecule has 0 unspecified atom stereocenters. The number of hydrogen-bond acceptors (Lipinski definition) is 7. The van der Waals surface area contributed by atoms with E-state index in [4.69, 9.17) is 4.74 Å². The van der Waals surface area contributed by atoms with Crippen molar-refractivity contribution in [1.29, 1.82) is 0 Å². The second-order valence-electron chi connectivity index (χ2n) is 7.26. The first-order valence-electron chi connectivity index (χ1n) is 9.44. The fourth-order valence-corrected chi connectivity index (χ4v) is 3.77. The summed E-state index contributed by atoms with van der Waals surface area (Å²) in [6.07, 6.45) is 8.79. The average molecular weight is 396 g/mol. The summed E-state index contributed by atoms with van der Waals surface area (Å²) in [6, 6.07) is 1.61. The molecule has 0 aliphatic carbocycles. The molecule has 0 radical (unpaired) electrons. The summed E-state index contributed by atoms with van der Waals surface area (Å²) < 4.78 is 23.5. The quantitative estimate of drug-likeness (QED) is 0.564. The van der Waals surface area contributed by atoms with E-state index in [1.165, 1.54) is 0 Å². The van der Waals surface area contributed by atoms with Crippen LogP contribution in [0.15, 0.2) is 37.1 Å². The van der Waals surface area contributed by atoms with E-state index < -0.39 is 6.17 Å². The van der Waals surface area contributed by atoms with Crippen LogP contribution in [0.2, 0.25) is 0 Å². The number of piperidine rings is 1. The minimum atomic E-state index is -0.979. The van der Waals surface area contributed by atoms with Gasteiger partial charge in [0.05, 0.1) is 13.2 Å². The summed E-state index contributed by atoms with van der Waals surface area (Å²) >= 11 is 0. The lowest BCUT2D eigenvalue weighted by molar-refractivity contribution is 0.149. The van der Waals surface area contributed by atoms with E-state index in [0.717, 1.165) is 23.2 Å². The van der Waals surface area contributed by atoms with Crippen molar-refractivity contribution in [1.82, 2.24) is 33.9 Å². The van der Waals surface area contributed by atoms with Gasteiger partial charge in [0.25, 0.3) is 0 Å². The molecule has 1 saturated heterocycles. The van der Waals surface area contributed by atoms with Gasteiger partial charge in [0.1, 0.15) is 11.7 Å². The Balaban J connectivity index is 1.52. The lowest BCUT2D eigenvalue weighted by Crippen LogP contribution is -2.46. The molecule has 1 aliphatic rings. The Hall–Kier alpha value is -3.27. The summed E-state index contributed by atoms with van der Waals surface area (Å²) in [5, 5.41) is 7.66. The molecule has 2 atom stereocenters. The fraction of sp³-hybridized carbons (Fsp3) is 0.368. The minimum Gasteiger partial charge on any atom is -0.479 e. The van der Waals surface area contributed by atoms with Crippen molar-refractivity contribution >= 4 is 17.2 Å². The van der Waals surface area contributed by atoms with Crippen molar-refractivity contribution in [2.75, 3.05) is 32.6 Å². The first-order valence-corrected chi connectivity index (χ1v) is 9.44. The molecular weight excluding hydrogens is 375 g/mol. The molecule has 9 nitrogen and oxygen atoms in total. The standard InChI is InChI=1S/C19H21FN8O/c1-26-6-4-15(14(20)11-26)23-18-24-17(29-2)16-13(3-7-28(16)25-18)12-9-22-19-21-5-8-27(19)10-12/h3,5,7-10,14-15H,4,6,11H2,1-2H3,(H,23,25)/t14-,15+/m0/s1. The van der Waals surface area contributed by atoms with Crippen LogP contribution in [0.1, 0.15) is 6.42 Å². The van der Waals surface area contributed by atoms with Crippen LogP contribution in [-0.2, 0) is 0 Å². The van der Waals surface area contributed by atoms with Gasteiger partial charge in [-0.25, -0.2) is 18.9 Å². The predicted octanol–water partition coefficient (Wildman–Crippen LogP) is 1.90. The van der Waals surface area contributed by atoms with Gasteiger partial charge in [0.2, 0.25) is 17.6 Å². The molecule has 5 rings (SSSR count).